The lowest BCUT2D eigenvalue weighted by Gasteiger charge is -2.50. The third-order valence-electron chi connectivity index (χ3n) is 18.4. The number of likely N-dealkylation sites (N-methyl/N-ethyl adjacent to an activating group) is 2. The third kappa shape index (κ3) is 13.3. The van der Waals surface area contributed by atoms with E-state index in [4.69, 9.17) is 67.3 Å². The third-order valence-corrected chi connectivity index (χ3v) is 21.1. The molecule has 4 bridgehead atoms. The highest BCUT2D eigenvalue weighted by Crippen LogP contribution is 2.49. The smallest absolute Gasteiger partial charge is 0.412 e. The Morgan fingerprint density at radius 1 is 0.684 bits per heavy atom. The van der Waals surface area contributed by atoms with Crippen LogP contribution in [0.3, 0.4) is 0 Å². The number of ether oxygens (including phenoxy) is 6. The molecule has 14 rings (SSSR count). The van der Waals surface area contributed by atoms with Crippen molar-refractivity contribution in [1.29, 1.82) is 10.5 Å². The summed E-state index contributed by atoms with van der Waals surface area (Å²) in [7, 11) is 4.07. The standard InChI is InChI=1S/C39H44ClF2N7O6S.C29H28ClF2N7O2S/c1-38(2,3)54-36(50)46-34-25(14-43)28-23(10-11-27(41)32(28)56-34)29-26(40)13-24-31(30(29)42)44-35(53-19-20-9-8-12-47(20)7)45-33(24)49-21-15-48(16-22(49)18-52-17-21)37(51)55-39(4,5)6;1-38-6-2-3-14(38)13-41-29-36-25-18(28(37-29)39-15-9-35-10-16(39)12-40-11-15)7-20(30)23(24(25)32)17-4-5-21(31)26-22(17)19(8-33)27(34)42-26/h10-11,13,20-22H,8-9,12,15-19H2,1-7H3,(H,46,50);4-5,7,14-16,35H,2-3,6,9-13,34H2,1H3/t20-,21?,22?;14-,15?,16?/m00/s1. The van der Waals surface area contributed by atoms with Crippen LogP contribution in [0.15, 0.2) is 36.4 Å². The molecule has 4 N–H and O–H groups in total. The molecule has 22 nitrogen and oxygen atoms in total. The number of rotatable bonds is 11. The van der Waals surface area contributed by atoms with Gasteiger partial charge in [-0.2, -0.15) is 30.5 Å². The summed E-state index contributed by atoms with van der Waals surface area (Å²) in [5.74, 6) is -1.87. The summed E-state index contributed by atoms with van der Waals surface area (Å²) in [5.41, 5.74) is 4.76. The van der Waals surface area contributed by atoms with E-state index < -0.39 is 46.7 Å². The number of halogens is 6. The molecule has 98 heavy (non-hydrogen) atoms. The highest BCUT2D eigenvalue weighted by Gasteiger charge is 2.44. The fourth-order valence-electron chi connectivity index (χ4n) is 13.9. The molecule has 6 aliphatic rings. The molecule has 4 unspecified atom stereocenters. The molecule has 0 aliphatic carbocycles. The van der Waals surface area contributed by atoms with Gasteiger partial charge in [0.2, 0.25) is 0 Å². The van der Waals surface area contributed by atoms with Crippen LogP contribution >= 0.6 is 45.9 Å². The van der Waals surface area contributed by atoms with E-state index in [1.54, 1.807) is 37.8 Å². The lowest BCUT2D eigenvalue weighted by Crippen LogP contribution is -2.66. The van der Waals surface area contributed by atoms with Crippen molar-refractivity contribution < 1.29 is 55.6 Å². The lowest BCUT2D eigenvalue weighted by molar-refractivity contribution is -0.0107. The second kappa shape index (κ2) is 27.3. The van der Waals surface area contributed by atoms with Gasteiger partial charge in [0.15, 0.2) is 11.6 Å². The van der Waals surface area contributed by atoms with Crippen molar-refractivity contribution in [2.45, 2.75) is 115 Å². The zero-order chi connectivity index (χ0) is 69.4. The minimum atomic E-state index is -0.836. The van der Waals surface area contributed by atoms with E-state index in [9.17, 15) is 24.5 Å². The van der Waals surface area contributed by atoms with Crippen molar-refractivity contribution in [3.8, 4) is 46.4 Å². The number of nitrogens with two attached hydrogens (primary N) is 1. The van der Waals surface area contributed by atoms with Crippen LogP contribution in [-0.2, 0) is 18.9 Å². The minimum Gasteiger partial charge on any atom is -0.462 e. The Morgan fingerprint density at radius 3 is 1.60 bits per heavy atom. The van der Waals surface area contributed by atoms with Gasteiger partial charge in [-0.3, -0.25) is 5.32 Å². The van der Waals surface area contributed by atoms with Crippen LogP contribution in [0.4, 0.5) is 48.8 Å². The van der Waals surface area contributed by atoms with Gasteiger partial charge in [0.05, 0.1) is 81.2 Å². The van der Waals surface area contributed by atoms with Gasteiger partial charge in [0.25, 0.3) is 0 Å². The predicted molar refractivity (Wildman–Crippen MR) is 369 cm³/mol. The summed E-state index contributed by atoms with van der Waals surface area (Å²) in [6.07, 6.45) is 2.75. The van der Waals surface area contributed by atoms with Crippen LogP contribution in [0.5, 0.6) is 12.0 Å². The van der Waals surface area contributed by atoms with Gasteiger partial charge in [-0.1, -0.05) is 35.3 Å². The monoisotopic (exact) mass is 1420 g/mol. The number of aromatic nitrogens is 4. The first kappa shape index (κ1) is 68.6. The highest BCUT2D eigenvalue weighted by molar-refractivity contribution is 7.23. The fraction of sp³-hybridized carbons (Fsp3) is 0.471. The number of amides is 2. The maximum Gasteiger partial charge on any atom is 0.412 e. The molecule has 30 heteroatoms. The minimum absolute atomic E-state index is 0.0124. The summed E-state index contributed by atoms with van der Waals surface area (Å²) in [4.78, 5) is 55.0. The van der Waals surface area contributed by atoms with E-state index >= 15 is 13.2 Å². The first-order chi connectivity index (χ1) is 46.8. The molecule has 0 saturated carbocycles. The van der Waals surface area contributed by atoms with Gasteiger partial charge in [-0.05, 0) is 130 Å². The van der Waals surface area contributed by atoms with Gasteiger partial charge in [-0.25, -0.2) is 27.2 Å². The number of hydrogen-bond acceptors (Lipinski definition) is 22. The fourth-order valence-corrected chi connectivity index (χ4v) is 16.5. The Kier molecular flexibility index (Phi) is 19.1. The Morgan fingerprint density at radius 2 is 1.14 bits per heavy atom. The van der Waals surface area contributed by atoms with E-state index in [-0.39, 0.29) is 166 Å². The van der Waals surface area contributed by atoms with Crippen LogP contribution in [0.25, 0.3) is 64.2 Å². The average Bonchev–Trinajstić information content (AvgIpc) is 1.12. The molecule has 4 aromatic heterocycles. The molecular weight excluding hydrogens is 1350 g/mol. The van der Waals surface area contributed by atoms with Crippen molar-refractivity contribution in [3.63, 3.8) is 0 Å². The highest BCUT2D eigenvalue weighted by atomic mass is 35.5. The number of piperazine rings is 2. The van der Waals surface area contributed by atoms with Gasteiger partial charge in [0.1, 0.15) is 80.9 Å². The average molecular weight is 1420 g/mol. The topological polar surface area (TPSA) is 255 Å². The zero-order valence-electron chi connectivity index (χ0n) is 55.1. The molecular formula is C68H72Cl2F4N14O8S2. The molecule has 6 saturated heterocycles. The number of benzene rings is 4. The number of morpholine rings is 2. The molecule has 516 valence electrons. The van der Waals surface area contributed by atoms with Crippen LogP contribution in [0.1, 0.15) is 78.4 Å². The van der Waals surface area contributed by atoms with Crippen molar-refractivity contribution >= 4 is 122 Å². The van der Waals surface area contributed by atoms with E-state index in [0.717, 1.165) is 67.5 Å². The van der Waals surface area contributed by atoms with E-state index in [2.05, 4.69) is 48.4 Å². The quantitative estimate of drug-likeness (QED) is 0.102. The molecule has 6 fully saturated rings. The summed E-state index contributed by atoms with van der Waals surface area (Å²) < 4.78 is 99.8. The van der Waals surface area contributed by atoms with E-state index in [1.165, 1.54) is 18.2 Å². The number of likely N-dealkylation sites (tertiary alicyclic amines) is 2. The SMILES string of the molecule is CN1CCC[C@H]1COc1nc(N2C3CNCC2COC3)c2cc(Cl)c(-c3ccc(F)c4sc(N)c(C#N)c34)c(F)c2n1.CN1CCC[C@H]1COc1nc(N2C3COCC2CN(C(=O)OC(C)(C)C)C3)c2cc(Cl)c(-c3ccc(F)c4sc(NC(=O)OC(C)(C)C)c(C#N)c34)c(F)c2n1. The normalized spacial score (nSPS) is 21.3. The lowest BCUT2D eigenvalue weighted by atomic mass is 9.96. The molecule has 10 heterocycles. The largest absolute Gasteiger partial charge is 0.462 e. The maximum atomic E-state index is 17.4. The van der Waals surface area contributed by atoms with Gasteiger partial charge >= 0.3 is 24.2 Å². The van der Waals surface area contributed by atoms with Crippen LogP contribution in [0.2, 0.25) is 10.0 Å². The van der Waals surface area contributed by atoms with E-state index in [1.807, 2.05) is 38.8 Å². The Hall–Kier alpha value is -7.90. The number of anilines is 4. The van der Waals surface area contributed by atoms with Crippen LogP contribution in [0, 0.1) is 45.9 Å². The summed E-state index contributed by atoms with van der Waals surface area (Å²) in [6, 6.07) is 12.0. The van der Waals surface area contributed by atoms with Crippen molar-refractivity contribution in [1.82, 2.24) is 40.0 Å². The van der Waals surface area contributed by atoms with E-state index in [0.29, 0.717) is 55.3 Å². The number of hydrogen-bond donors (Lipinski definition) is 3. The number of nitrogens with zero attached hydrogens (tertiary/aromatic N) is 11. The number of nitrogens with one attached hydrogen (secondary N) is 2. The van der Waals surface area contributed by atoms with Crippen LogP contribution in [-0.4, -0.2) is 187 Å². The Labute approximate surface area is 580 Å². The number of nitrogen functional groups attached to an aromatic ring is 1. The predicted octanol–water partition coefficient (Wildman–Crippen LogP) is 12.5. The molecule has 2 amide bonds. The summed E-state index contributed by atoms with van der Waals surface area (Å²) in [5, 5.41) is 27.4. The van der Waals surface area contributed by atoms with Gasteiger partial charge < -0.3 is 64.0 Å². The number of thiophene rings is 2. The van der Waals surface area contributed by atoms with Crippen molar-refractivity contribution in [2.24, 2.45) is 0 Å². The van der Waals surface area contributed by atoms with Crippen LogP contribution < -0.4 is 35.6 Å². The second-order valence-electron chi connectivity index (χ2n) is 27.4. The molecule has 0 radical (unpaired) electrons. The van der Waals surface area contributed by atoms with Gasteiger partial charge in [0, 0.05) is 70.9 Å². The number of nitriles is 2. The first-order valence-electron chi connectivity index (χ1n) is 32.3. The first-order valence-corrected chi connectivity index (χ1v) is 34.7. The number of carbonyl (C=O) groups excluding carboxylic acids is 2. The summed E-state index contributed by atoms with van der Waals surface area (Å²) >= 11 is 15.6. The van der Waals surface area contributed by atoms with Crippen molar-refractivity contribution in [3.05, 3.63) is 80.8 Å². The number of fused-ring (bicyclic) bond motifs is 8. The summed E-state index contributed by atoms with van der Waals surface area (Å²) in [6.45, 7) is 16.5. The molecule has 0 spiro atoms. The number of carbonyl (C=O) groups is 2. The van der Waals surface area contributed by atoms with Crippen molar-refractivity contribution in [2.75, 3.05) is 114 Å². The molecule has 6 atom stereocenters. The maximum absolute atomic E-state index is 17.4. The Balaban J connectivity index is 0.000000183. The zero-order valence-corrected chi connectivity index (χ0v) is 58.2. The molecule has 4 aromatic carbocycles. The molecule has 6 aliphatic heterocycles. The van der Waals surface area contributed by atoms with Gasteiger partial charge in [-0.15, -0.1) is 22.7 Å². The molecule has 8 aromatic rings. The second-order valence-corrected chi connectivity index (χ2v) is 30.3. The Bertz CT molecular complexity index is 4550.